The van der Waals surface area contributed by atoms with Gasteiger partial charge in [0.05, 0.1) is 13.0 Å². The molecule has 2 heterocycles. The number of methoxy groups -OCH3 is 1. The lowest BCUT2D eigenvalue weighted by Gasteiger charge is -2.39. The number of Topliss-reactive ketones (excluding diaryl/α,β-unsaturated/α-hetero) is 1. The summed E-state index contributed by atoms with van der Waals surface area (Å²) >= 11 is 0. The van der Waals surface area contributed by atoms with E-state index in [2.05, 4.69) is 24.1 Å². The Morgan fingerprint density at radius 3 is 2.61 bits per heavy atom. The van der Waals surface area contributed by atoms with Crippen LogP contribution in [0, 0.1) is 18.3 Å². The van der Waals surface area contributed by atoms with Gasteiger partial charge < -0.3 is 15.2 Å². The van der Waals surface area contributed by atoms with Crippen LogP contribution in [-0.2, 0) is 9.59 Å². The van der Waals surface area contributed by atoms with E-state index < -0.39 is 11.8 Å². The number of carbonyl (C=O) groups is 2. The van der Waals surface area contributed by atoms with E-state index in [1.54, 1.807) is 24.4 Å². The molecule has 0 saturated carbocycles. The first kappa shape index (κ1) is 22.7. The predicted molar refractivity (Wildman–Crippen MR) is 127 cm³/mol. The van der Waals surface area contributed by atoms with E-state index in [1.807, 2.05) is 19.9 Å². The van der Waals surface area contributed by atoms with E-state index in [0.717, 1.165) is 16.8 Å². The first-order valence-corrected chi connectivity index (χ1v) is 11.0. The number of hydrogen-bond donors (Lipinski definition) is 2. The summed E-state index contributed by atoms with van der Waals surface area (Å²) in [5, 5.41) is 13.0. The molecule has 0 spiro atoms. The molecule has 1 aromatic heterocycles. The number of phenols is 1. The van der Waals surface area contributed by atoms with Crippen molar-refractivity contribution in [2.75, 3.05) is 12.4 Å². The molecule has 7 nitrogen and oxygen atoms in total. The Kier molecular flexibility index (Phi) is 5.82. The fourth-order valence-electron chi connectivity index (χ4n) is 4.78. The molecule has 0 radical (unpaired) electrons. The summed E-state index contributed by atoms with van der Waals surface area (Å²) in [6.07, 6.45) is 2.73. The second-order valence-electron chi connectivity index (χ2n) is 9.65. The minimum atomic E-state index is -0.703. The van der Waals surface area contributed by atoms with Crippen LogP contribution in [0.2, 0.25) is 0 Å². The smallest absolute Gasteiger partial charge is 0.235 e. The molecule has 0 saturated heterocycles. The van der Waals surface area contributed by atoms with Crippen molar-refractivity contribution in [1.29, 1.82) is 0 Å². The molecule has 1 amide bonds. The van der Waals surface area contributed by atoms with Crippen molar-refractivity contribution < 1.29 is 19.4 Å². The number of ketones is 1. The molecule has 0 bridgehead atoms. The second kappa shape index (κ2) is 8.46. The average Bonchev–Trinajstić information content (AvgIpc) is 2.73. The van der Waals surface area contributed by atoms with Gasteiger partial charge in [-0.05, 0) is 55.0 Å². The molecule has 7 heteroatoms. The largest absolute Gasteiger partial charge is 0.504 e. The van der Waals surface area contributed by atoms with Crippen molar-refractivity contribution in [2.45, 2.75) is 46.5 Å². The quantitative estimate of drug-likeness (QED) is 0.716. The average molecular weight is 448 g/mol. The van der Waals surface area contributed by atoms with Gasteiger partial charge in [0.2, 0.25) is 5.91 Å². The van der Waals surface area contributed by atoms with Gasteiger partial charge in [-0.1, -0.05) is 26.0 Å². The lowest BCUT2D eigenvalue weighted by atomic mass is 9.66. The maximum absolute atomic E-state index is 13.5. The number of amides is 1. The van der Waals surface area contributed by atoms with Crippen molar-refractivity contribution in [3.63, 3.8) is 0 Å². The van der Waals surface area contributed by atoms with Crippen molar-refractivity contribution in [1.82, 2.24) is 4.98 Å². The van der Waals surface area contributed by atoms with E-state index in [9.17, 15) is 14.7 Å². The van der Waals surface area contributed by atoms with Gasteiger partial charge >= 0.3 is 0 Å². The number of aryl methyl sites for hydroxylation is 1. The first-order chi connectivity index (χ1) is 15.6. The molecule has 1 aliphatic carbocycles. The van der Waals surface area contributed by atoms with Gasteiger partial charge in [-0.3, -0.25) is 14.6 Å². The molecule has 1 unspecified atom stereocenters. The topological polar surface area (TPSA) is 101 Å². The maximum atomic E-state index is 13.5. The Hall–Kier alpha value is -3.48. The third-order valence-electron chi connectivity index (χ3n) is 6.31. The number of aliphatic imine (C=N–C) groups is 1. The Morgan fingerprint density at radius 2 is 1.94 bits per heavy atom. The zero-order valence-corrected chi connectivity index (χ0v) is 19.6. The Bertz CT molecular complexity index is 1180. The molecule has 2 aliphatic rings. The standard InChI is InChI=1S/C26H29N3O4/c1-14-6-9-21(27-13-14)29-25(32)22-15(2)28-17-11-26(3,4)12-19(31)24(17)23(22)16-7-8-18(30)20(10-16)33-5/h6-10,13,22-23,30H,11-12H2,1-5H3,(H,27,29,32)/t22?,23-/m0/s1. The highest BCUT2D eigenvalue weighted by Crippen LogP contribution is 2.48. The SMILES string of the molecule is COc1cc([C@@H]2C3=C(CC(C)(C)CC3=O)N=C(C)C2C(=O)Nc2ccc(C)cn2)ccc1O. The summed E-state index contributed by atoms with van der Waals surface area (Å²) in [4.78, 5) is 35.9. The number of aromatic nitrogens is 1. The fourth-order valence-corrected chi connectivity index (χ4v) is 4.78. The summed E-state index contributed by atoms with van der Waals surface area (Å²) < 4.78 is 5.31. The molecule has 2 N–H and O–H groups in total. The predicted octanol–water partition coefficient (Wildman–Crippen LogP) is 4.56. The number of carbonyl (C=O) groups excluding carboxylic acids is 2. The van der Waals surface area contributed by atoms with Crippen LogP contribution in [0.3, 0.4) is 0 Å². The number of phenolic OH excluding ortho intramolecular Hbond substituents is 1. The number of hydrogen-bond acceptors (Lipinski definition) is 6. The van der Waals surface area contributed by atoms with Gasteiger partial charge in [0.15, 0.2) is 17.3 Å². The Morgan fingerprint density at radius 1 is 1.18 bits per heavy atom. The summed E-state index contributed by atoms with van der Waals surface area (Å²) in [5.74, 6) is -0.798. The number of ether oxygens (including phenoxy) is 1. The highest BCUT2D eigenvalue weighted by atomic mass is 16.5. The fraction of sp³-hybridized carbons (Fsp3) is 0.385. The molecule has 172 valence electrons. The van der Waals surface area contributed by atoms with Crippen LogP contribution in [0.25, 0.3) is 0 Å². The first-order valence-electron chi connectivity index (χ1n) is 11.0. The van der Waals surface area contributed by atoms with Crippen LogP contribution in [0.4, 0.5) is 5.82 Å². The molecular formula is C26H29N3O4. The van der Waals surface area contributed by atoms with E-state index >= 15 is 0 Å². The van der Waals surface area contributed by atoms with Gasteiger partial charge in [-0.2, -0.15) is 0 Å². The van der Waals surface area contributed by atoms with Crippen LogP contribution in [-0.4, -0.2) is 34.6 Å². The molecule has 2 atom stereocenters. The number of pyridine rings is 1. The molecule has 4 rings (SSSR count). The number of rotatable bonds is 4. The minimum Gasteiger partial charge on any atom is -0.504 e. The molecular weight excluding hydrogens is 418 g/mol. The normalized spacial score (nSPS) is 21.8. The number of anilines is 1. The third kappa shape index (κ3) is 4.40. The Labute approximate surface area is 193 Å². The number of benzene rings is 1. The van der Waals surface area contributed by atoms with Gasteiger partial charge in [-0.25, -0.2) is 4.98 Å². The minimum absolute atomic E-state index is 0.000743. The molecule has 2 aromatic rings. The van der Waals surface area contributed by atoms with Crippen molar-refractivity contribution >= 4 is 23.2 Å². The summed E-state index contributed by atoms with van der Waals surface area (Å²) in [6, 6.07) is 8.59. The van der Waals surface area contributed by atoms with E-state index in [-0.39, 0.29) is 28.6 Å². The number of aromatic hydroxyl groups is 1. The zero-order chi connectivity index (χ0) is 23.9. The highest BCUT2D eigenvalue weighted by molar-refractivity contribution is 6.13. The van der Waals surface area contributed by atoms with Crippen molar-refractivity contribution in [3.05, 3.63) is 58.9 Å². The summed E-state index contributed by atoms with van der Waals surface area (Å²) in [5.41, 5.74) is 3.46. The Balaban J connectivity index is 1.82. The molecule has 1 aliphatic heterocycles. The third-order valence-corrected chi connectivity index (χ3v) is 6.31. The highest BCUT2D eigenvalue weighted by Gasteiger charge is 2.45. The number of nitrogens with one attached hydrogen (secondary N) is 1. The molecule has 1 aromatic carbocycles. The summed E-state index contributed by atoms with van der Waals surface area (Å²) in [7, 11) is 1.47. The molecule has 0 fully saturated rings. The van der Waals surface area contributed by atoms with Crippen LogP contribution >= 0.6 is 0 Å². The summed E-state index contributed by atoms with van der Waals surface area (Å²) in [6.45, 7) is 7.86. The zero-order valence-electron chi connectivity index (χ0n) is 19.6. The maximum Gasteiger partial charge on any atom is 0.235 e. The second-order valence-corrected chi connectivity index (χ2v) is 9.65. The van der Waals surface area contributed by atoms with E-state index in [0.29, 0.717) is 29.9 Å². The van der Waals surface area contributed by atoms with Crippen molar-refractivity contribution in [2.24, 2.45) is 16.3 Å². The monoisotopic (exact) mass is 447 g/mol. The number of allylic oxidation sites excluding steroid dienone is 2. The van der Waals surface area contributed by atoms with Gasteiger partial charge in [0, 0.05) is 35.5 Å². The van der Waals surface area contributed by atoms with Crippen LogP contribution in [0.5, 0.6) is 11.5 Å². The van der Waals surface area contributed by atoms with Gasteiger partial charge in [0.1, 0.15) is 5.82 Å². The van der Waals surface area contributed by atoms with Crippen molar-refractivity contribution in [3.8, 4) is 11.5 Å². The van der Waals surface area contributed by atoms with Crippen LogP contribution < -0.4 is 10.1 Å². The van der Waals surface area contributed by atoms with E-state index in [4.69, 9.17) is 9.73 Å². The van der Waals surface area contributed by atoms with Crippen LogP contribution in [0.1, 0.15) is 50.7 Å². The van der Waals surface area contributed by atoms with E-state index in [1.165, 1.54) is 13.2 Å². The van der Waals surface area contributed by atoms with Gasteiger partial charge in [-0.15, -0.1) is 0 Å². The molecule has 33 heavy (non-hydrogen) atoms. The lowest BCUT2D eigenvalue weighted by Crippen LogP contribution is -2.41. The van der Waals surface area contributed by atoms with Gasteiger partial charge in [0.25, 0.3) is 0 Å². The number of nitrogens with zero attached hydrogens (tertiary/aromatic N) is 2. The lowest BCUT2D eigenvalue weighted by molar-refractivity contribution is -0.119. The van der Waals surface area contributed by atoms with Crippen LogP contribution in [0.15, 0.2) is 52.8 Å².